The first-order valence-corrected chi connectivity index (χ1v) is 6.60. The highest BCUT2D eigenvalue weighted by atomic mass is 16.5. The van der Waals surface area contributed by atoms with Crippen molar-refractivity contribution in [1.82, 2.24) is 4.90 Å². The third-order valence-corrected chi connectivity index (χ3v) is 3.28. The first kappa shape index (κ1) is 14.3. The molecular formula is C14H19N3O3. The van der Waals surface area contributed by atoms with E-state index in [0.29, 0.717) is 18.7 Å². The number of ether oxygens (including phenoxy) is 1. The summed E-state index contributed by atoms with van der Waals surface area (Å²) in [6.07, 6.45) is 1.06. The van der Waals surface area contributed by atoms with Crippen LogP contribution in [0.5, 0.6) is 0 Å². The summed E-state index contributed by atoms with van der Waals surface area (Å²) in [6, 6.07) is 7.24. The Morgan fingerprint density at radius 2 is 2.10 bits per heavy atom. The molecule has 0 spiro atoms. The molecule has 1 aliphatic heterocycles. The summed E-state index contributed by atoms with van der Waals surface area (Å²) in [6.45, 7) is 0.704. The molecule has 2 rings (SSSR count). The quantitative estimate of drug-likeness (QED) is 0.754. The van der Waals surface area contributed by atoms with E-state index in [0.717, 1.165) is 12.0 Å². The second-order valence-electron chi connectivity index (χ2n) is 4.86. The number of nitrogens with zero attached hydrogens (tertiary/aromatic N) is 1. The third-order valence-electron chi connectivity index (χ3n) is 3.28. The number of nitrogen functional groups attached to an aromatic ring is 1. The maximum Gasteiger partial charge on any atom is 0.252 e. The highest BCUT2D eigenvalue weighted by Gasteiger charge is 2.29. The smallest absolute Gasteiger partial charge is 0.252 e. The SMILES string of the molecule is NC(=O)CN(Cc1ccccc1N)C(=O)C1CCCO1. The van der Waals surface area contributed by atoms with Gasteiger partial charge in [0.05, 0.1) is 6.54 Å². The molecule has 1 fully saturated rings. The van der Waals surface area contributed by atoms with Gasteiger partial charge in [-0.15, -0.1) is 0 Å². The van der Waals surface area contributed by atoms with Crippen LogP contribution in [0.3, 0.4) is 0 Å². The Bertz CT molecular complexity index is 498. The molecule has 0 aliphatic carbocycles. The zero-order chi connectivity index (χ0) is 14.5. The second-order valence-corrected chi connectivity index (χ2v) is 4.86. The van der Waals surface area contributed by atoms with Crippen molar-refractivity contribution in [2.75, 3.05) is 18.9 Å². The summed E-state index contributed by atoms with van der Waals surface area (Å²) in [4.78, 5) is 24.9. The van der Waals surface area contributed by atoms with Gasteiger partial charge >= 0.3 is 0 Å². The van der Waals surface area contributed by atoms with E-state index < -0.39 is 12.0 Å². The van der Waals surface area contributed by atoms with Crippen LogP contribution in [0.15, 0.2) is 24.3 Å². The van der Waals surface area contributed by atoms with Crippen molar-refractivity contribution in [2.24, 2.45) is 5.73 Å². The van der Waals surface area contributed by atoms with E-state index in [1.807, 2.05) is 18.2 Å². The van der Waals surface area contributed by atoms with Crippen LogP contribution in [0.1, 0.15) is 18.4 Å². The average molecular weight is 277 g/mol. The number of hydrogen-bond acceptors (Lipinski definition) is 4. The van der Waals surface area contributed by atoms with Crippen LogP contribution < -0.4 is 11.5 Å². The highest BCUT2D eigenvalue weighted by molar-refractivity contribution is 5.86. The summed E-state index contributed by atoms with van der Waals surface area (Å²) >= 11 is 0. The standard InChI is InChI=1S/C14H19N3O3/c15-11-5-2-1-4-10(11)8-17(9-13(16)18)14(19)12-6-3-7-20-12/h1-2,4-5,12H,3,6-9,15H2,(H2,16,18). The van der Waals surface area contributed by atoms with Gasteiger partial charge in [0, 0.05) is 18.8 Å². The van der Waals surface area contributed by atoms with Gasteiger partial charge in [0.1, 0.15) is 6.10 Å². The van der Waals surface area contributed by atoms with Gasteiger partial charge in [-0.2, -0.15) is 0 Å². The zero-order valence-corrected chi connectivity index (χ0v) is 11.2. The Hall–Kier alpha value is -2.08. The number of benzene rings is 1. The maximum atomic E-state index is 12.3. The van der Waals surface area contributed by atoms with Crippen molar-refractivity contribution >= 4 is 17.5 Å². The van der Waals surface area contributed by atoms with Crippen molar-refractivity contribution in [3.05, 3.63) is 29.8 Å². The molecule has 1 heterocycles. The molecule has 1 atom stereocenters. The van der Waals surface area contributed by atoms with Crippen LogP contribution >= 0.6 is 0 Å². The number of carbonyl (C=O) groups excluding carboxylic acids is 2. The van der Waals surface area contributed by atoms with E-state index in [1.165, 1.54) is 4.90 Å². The van der Waals surface area contributed by atoms with E-state index >= 15 is 0 Å². The molecule has 0 saturated carbocycles. The number of amides is 2. The predicted molar refractivity (Wildman–Crippen MR) is 74.4 cm³/mol. The first-order chi connectivity index (χ1) is 9.58. The van der Waals surface area contributed by atoms with Gasteiger partial charge in [-0.05, 0) is 24.5 Å². The van der Waals surface area contributed by atoms with E-state index in [2.05, 4.69) is 0 Å². The lowest BCUT2D eigenvalue weighted by atomic mass is 10.1. The molecule has 1 saturated heterocycles. The first-order valence-electron chi connectivity index (χ1n) is 6.60. The Kier molecular flexibility index (Phi) is 4.57. The Labute approximate surface area is 117 Å². The van der Waals surface area contributed by atoms with Crippen molar-refractivity contribution in [3.63, 3.8) is 0 Å². The Balaban J connectivity index is 2.12. The van der Waals surface area contributed by atoms with Crippen LogP contribution in [0, 0.1) is 0 Å². The average Bonchev–Trinajstić information content (AvgIpc) is 2.93. The van der Waals surface area contributed by atoms with Gasteiger partial charge in [-0.1, -0.05) is 18.2 Å². The van der Waals surface area contributed by atoms with E-state index in [1.54, 1.807) is 6.07 Å². The van der Waals surface area contributed by atoms with Crippen LogP contribution in [-0.2, 0) is 20.9 Å². The molecule has 2 amide bonds. The van der Waals surface area contributed by atoms with Gasteiger partial charge in [-0.25, -0.2) is 0 Å². The van der Waals surface area contributed by atoms with Crippen molar-refractivity contribution in [2.45, 2.75) is 25.5 Å². The molecule has 0 radical (unpaired) electrons. The number of carbonyl (C=O) groups is 2. The molecular weight excluding hydrogens is 258 g/mol. The van der Waals surface area contributed by atoms with Gasteiger partial charge in [0.2, 0.25) is 5.91 Å². The minimum absolute atomic E-state index is 0.132. The third kappa shape index (κ3) is 3.48. The summed E-state index contributed by atoms with van der Waals surface area (Å²) in [5.74, 6) is -0.754. The van der Waals surface area contributed by atoms with Crippen LogP contribution in [0.2, 0.25) is 0 Å². The fourth-order valence-electron chi connectivity index (χ4n) is 2.26. The zero-order valence-electron chi connectivity index (χ0n) is 11.2. The normalized spacial score (nSPS) is 17.9. The Morgan fingerprint density at radius 1 is 1.35 bits per heavy atom. The highest BCUT2D eigenvalue weighted by Crippen LogP contribution is 2.18. The minimum atomic E-state index is -0.550. The predicted octanol–water partition coefficient (Wildman–Crippen LogP) is 0.262. The number of hydrogen-bond donors (Lipinski definition) is 2. The van der Waals surface area contributed by atoms with Crippen LogP contribution in [0.25, 0.3) is 0 Å². The van der Waals surface area contributed by atoms with Crippen molar-refractivity contribution in [3.8, 4) is 0 Å². The Morgan fingerprint density at radius 3 is 2.70 bits per heavy atom. The molecule has 6 heteroatoms. The van der Waals surface area contributed by atoms with E-state index in [-0.39, 0.29) is 19.0 Å². The molecule has 1 aliphatic rings. The van der Waals surface area contributed by atoms with Gasteiger partial charge in [0.15, 0.2) is 0 Å². The van der Waals surface area contributed by atoms with Crippen molar-refractivity contribution < 1.29 is 14.3 Å². The second kappa shape index (κ2) is 6.38. The number of para-hydroxylation sites is 1. The number of anilines is 1. The van der Waals surface area contributed by atoms with E-state index in [4.69, 9.17) is 16.2 Å². The summed E-state index contributed by atoms with van der Waals surface area (Å²) in [7, 11) is 0. The largest absolute Gasteiger partial charge is 0.398 e. The minimum Gasteiger partial charge on any atom is -0.398 e. The molecule has 0 bridgehead atoms. The lowest BCUT2D eigenvalue weighted by Gasteiger charge is -2.24. The molecule has 4 N–H and O–H groups in total. The van der Waals surface area contributed by atoms with E-state index in [9.17, 15) is 9.59 Å². The maximum absolute atomic E-state index is 12.3. The molecule has 1 aromatic rings. The van der Waals surface area contributed by atoms with Gasteiger partial charge in [-0.3, -0.25) is 9.59 Å². The topological polar surface area (TPSA) is 98.7 Å². The lowest BCUT2D eigenvalue weighted by molar-refractivity contribution is -0.144. The number of nitrogens with two attached hydrogens (primary N) is 2. The fourth-order valence-corrected chi connectivity index (χ4v) is 2.26. The molecule has 20 heavy (non-hydrogen) atoms. The van der Waals surface area contributed by atoms with Crippen LogP contribution in [0.4, 0.5) is 5.69 Å². The summed E-state index contributed by atoms with van der Waals surface area (Å²) in [5, 5.41) is 0. The number of primary amides is 1. The summed E-state index contributed by atoms with van der Waals surface area (Å²) in [5.41, 5.74) is 12.5. The van der Waals surface area contributed by atoms with Crippen LogP contribution in [-0.4, -0.2) is 36.0 Å². The van der Waals surface area contributed by atoms with Gasteiger partial charge in [0.25, 0.3) is 5.91 Å². The monoisotopic (exact) mass is 277 g/mol. The molecule has 1 aromatic carbocycles. The van der Waals surface area contributed by atoms with Gasteiger partial charge < -0.3 is 21.1 Å². The molecule has 0 aromatic heterocycles. The fraction of sp³-hybridized carbons (Fsp3) is 0.429. The molecule has 108 valence electrons. The summed E-state index contributed by atoms with van der Waals surface area (Å²) < 4.78 is 5.37. The number of rotatable bonds is 5. The van der Waals surface area contributed by atoms with Crippen molar-refractivity contribution in [1.29, 1.82) is 0 Å². The lowest BCUT2D eigenvalue weighted by Crippen LogP contribution is -2.43. The molecule has 6 nitrogen and oxygen atoms in total. The molecule has 1 unspecified atom stereocenters.